The number of nitrogens with one attached hydrogen (secondary N) is 2. The molecule has 0 amide bonds. The lowest BCUT2D eigenvalue weighted by Gasteiger charge is -2.12. The molecule has 2 N–H and O–H groups in total. The number of benzene rings is 1. The van der Waals surface area contributed by atoms with Gasteiger partial charge in [0.1, 0.15) is 6.07 Å². The summed E-state index contributed by atoms with van der Waals surface area (Å²) in [6, 6.07) is 6.35. The predicted molar refractivity (Wildman–Crippen MR) is 109 cm³/mol. The molecule has 0 fully saturated rings. The molecule has 2 heterocycles. The first kappa shape index (κ1) is 20.6. The fraction of sp³-hybridized carbons (Fsp3) is 0.211. The van der Waals surface area contributed by atoms with Crippen LogP contribution in [0.25, 0.3) is 5.69 Å². The van der Waals surface area contributed by atoms with Crippen LogP contribution >= 0.6 is 23.2 Å². The van der Waals surface area contributed by atoms with Crippen LogP contribution in [-0.2, 0) is 6.42 Å². The summed E-state index contributed by atoms with van der Waals surface area (Å²) in [5, 5.41) is 13.2. The smallest absolute Gasteiger partial charge is 0.329 e. The fourth-order valence-corrected chi connectivity index (χ4v) is 3.42. The SMILES string of the molecule is CC(C)c1cc(Cc2c(Cl)cc(-n3nc(C#N)c(=O)[nH]c3=O)cc2Cl)c[nH]c1=O. The van der Waals surface area contributed by atoms with Gasteiger partial charge in [0.2, 0.25) is 5.69 Å². The Morgan fingerprint density at radius 3 is 2.38 bits per heavy atom. The van der Waals surface area contributed by atoms with Crippen molar-refractivity contribution in [1.82, 2.24) is 19.7 Å². The highest BCUT2D eigenvalue weighted by atomic mass is 35.5. The molecule has 148 valence electrons. The van der Waals surface area contributed by atoms with E-state index in [0.717, 1.165) is 10.2 Å². The monoisotopic (exact) mass is 431 g/mol. The maximum atomic E-state index is 12.1. The number of rotatable bonds is 4. The minimum Gasteiger partial charge on any atom is -0.329 e. The number of halogens is 2. The molecule has 10 heteroatoms. The zero-order valence-electron chi connectivity index (χ0n) is 15.4. The van der Waals surface area contributed by atoms with E-state index in [4.69, 9.17) is 28.5 Å². The van der Waals surface area contributed by atoms with Gasteiger partial charge in [-0.3, -0.25) is 14.6 Å². The van der Waals surface area contributed by atoms with E-state index < -0.39 is 16.9 Å². The van der Waals surface area contributed by atoms with E-state index in [1.165, 1.54) is 12.1 Å². The summed E-state index contributed by atoms with van der Waals surface area (Å²) < 4.78 is 0.846. The standard InChI is InChI=1S/C19H15Cl2N5O3/c1-9(2)12-3-10(8-23-17(12)27)4-13-14(20)5-11(6-15(13)21)26-19(29)24-18(28)16(7-22)25-26/h3,5-6,8-9H,4H2,1-2H3,(H,23,27)(H,24,28,29). The Balaban J connectivity index is 2.05. The molecule has 0 saturated heterocycles. The van der Waals surface area contributed by atoms with Crippen LogP contribution in [0.3, 0.4) is 0 Å². The molecule has 1 aromatic carbocycles. The molecule has 3 rings (SSSR count). The number of H-pyrrole nitrogens is 2. The molecular weight excluding hydrogens is 417 g/mol. The van der Waals surface area contributed by atoms with E-state index in [9.17, 15) is 14.4 Å². The van der Waals surface area contributed by atoms with Crippen LogP contribution in [0.1, 0.15) is 42.1 Å². The van der Waals surface area contributed by atoms with Crippen molar-refractivity contribution in [3.8, 4) is 11.8 Å². The lowest BCUT2D eigenvalue weighted by molar-refractivity contribution is 0.740. The Bertz CT molecular complexity index is 1290. The molecule has 8 nitrogen and oxygen atoms in total. The average Bonchev–Trinajstić information content (AvgIpc) is 2.65. The first-order chi connectivity index (χ1) is 13.7. The van der Waals surface area contributed by atoms with Crippen molar-refractivity contribution in [2.24, 2.45) is 0 Å². The second-order valence-electron chi connectivity index (χ2n) is 6.64. The second kappa shape index (κ2) is 8.07. The Hall–Kier alpha value is -3.15. The summed E-state index contributed by atoms with van der Waals surface area (Å²) in [5.74, 6) is 0.0551. The lowest BCUT2D eigenvalue weighted by atomic mass is 10.00. The Morgan fingerprint density at radius 1 is 1.14 bits per heavy atom. The third kappa shape index (κ3) is 4.16. The summed E-state index contributed by atoms with van der Waals surface area (Å²) in [4.78, 5) is 40.2. The highest BCUT2D eigenvalue weighted by molar-refractivity contribution is 6.36. The summed E-state index contributed by atoms with van der Waals surface area (Å²) in [6.45, 7) is 3.85. The Labute approximate surface area is 174 Å². The number of pyridine rings is 1. The number of nitrogens with zero attached hydrogens (tertiary/aromatic N) is 3. The van der Waals surface area contributed by atoms with Gasteiger partial charge in [0.05, 0.1) is 5.69 Å². The van der Waals surface area contributed by atoms with Crippen molar-refractivity contribution < 1.29 is 0 Å². The highest BCUT2D eigenvalue weighted by Crippen LogP contribution is 2.30. The minimum absolute atomic E-state index is 0.0551. The molecule has 0 aliphatic carbocycles. The van der Waals surface area contributed by atoms with Crippen LogP contribution < -0.4 is 16.8 Å². The second-order valence-corrected chi connectivity index (χ2v) is 7.46. The molecule has 0 aliphatic heterocycles. The molecule has 2 aromatic heterocycles. The highest BCUT2D eigenvalue weighted by Gasteiger charge is 2.15. The first-order valence-corrected chi connectivity index (χ1v) is 9.30. The predicted octanol–water partition coefficient (Wildman–Crippen LogP) is 2.50. The molecule has 0 aliphatic rings. The van der Waals surface area contributed by atoms with Gasteiger partial charge in [-0.2, -0.15) is 9.94 Å². The molecule has 0 radical (unpaired) electrons. The molecule has 3 aromatic rings. The Kier molecular flexibility index (Phi) is 5.73. The van der Waals surface area contributed by atoms with Gasteiger partial charge in [0.25, 0.3) is 11.1 Å². The topological polar surface area (TPSA) is 124 Å². The van der Waals surface area contributed by atoms with Gasteiger partial charge < -0.3 is 4.98 Å². The third-order valence-corrected chi connectivity index (χ3v) is 4.97. The molecular formula is C19H15Cl2N5O3. The van der Waals surface area contributed by atoms with Gasteiger partial charge in [-0.1, -0.05) is 37.0 Å². The zero-order valence-corrected chi connectivity index (χ0v) is 16.9. The number of aromatic amines is 2. The van der Waals surface area contributed by atoms with Crippen molar-refractivity contribution in [3.05, 3.63) is 88.0 Å². The normalized spacial score (nSPS) is 10.9. The number of hydrogen-bond acceptors (Lipinski definition) is 5. The maximum Gasteiger partial charge on any atom is 0.349 e. The zero-order chi connectivity index (χ0) is 21.3. The number of aromatic nitrogens is 4. The van der Waals surface area contributed by atoms with Crippen molar-refractivity contribution in [2.75, 3.05) is 0 Å². The molecule has 0 unspecified atom stereocenters. The Morgan fingerprint density at radius 2 is 1.79 bits per heavy atom. The first-order valence-electron chi connectivity index (χ1n) is 8.54. The summed E-state index contributed by atoms with van der Waals surface area (Å²) >= 11 is 12.8. The maximum absolute atomic E-state index is 12.1. The van der Waals surface area contributed by atoms with Gasteiger partial charge >= 0.3 is 5.69 Å². The van der Waals surface area contributed by atoms with E-state index in [1.807, 2.05) is 18.8 Å². The molecule has 29 heavy (non-hydrogen) atoms. The van der Waals surface area contributed by atoms with Crippen LogP contribution in [0.15, 0.2) is 38.8 Å². The van der Waals surface area contributed by atoms with Crippen LogP contribution in [0.5, 0.6) is 0 Å². The lowest BCUT2D eigenvalue weighted by Crippen LogP contribution is -2.33. The van der Waals surface area contributed by atoms with E-state index >= 15 is 0 Å². The number of nitriles is 1. The van der Waals surface area contributed by atoms with Gasteiger partial charge in [0, 0.05) is 28.2 Å². The number of hydrogen-bond donors (Lipinski definition) is 2. The molecule has 0 bridgehead atoms. The largest absolute Gasteiger partial charge is 0.349 e. The van der Waals surface area contributed by atoms with Gasteiger partial charge in [-0.25, -0.2) is 4.79 Å². The van der Waals surface area contributed by atoms with E-state index in [1.54, 1.807) is 18.3 Å². The summed E-state index contributed by atoms with van der Waals surface area (Å²) in [5.41, 5.74) is -0.0424. The van der Waals surface area contributed by atoms with Crippen molar-refractivity contribution in [1.29, 1.82) is 5.26 Å². The molecule has 0 spiro atoms. The van der Waals surface area contributed by atoms with Gasteiger partial charge in [-0.05, 0) is 35.2 Å². The minimum atomic E-state index is -0.874. The van der Waals surface area contributed by atoms with Crippen molar-refractivity contribution >= 4 is 23.2 Å². The molecule has 0 atom stereocenters. The van der Waals surface area contributed by atoms with Crippen molar-refractivity contribution in [3.63, 3.8) is 0 Å². The van der Waals surface area contributed by atoms with Crippen LogP contribution in [0, 0.1) is 11.3 Å². The van der Waals surface area contributed by atoms with Crippen molar-refractivity contribution in [2.45, 2.75) is 26.2 Å². The van der Waals surface area contributed by atoms with E-state index in [2.05, 4.69) is 10.1 Å². The quantitative estimate of drug-likeness (QED) is 0.656. The fourth-order valence-electron chi connectivity index (χ4n) is 2.81. The third-order valence-electron chi connectivity index (χ3n) is 4.30. The average molecular weight is 432 g/mol. The van der Waals surface area contributed by atoms with Gasteiger partial charge in [-0.15, -0.1) is 5.10 Å². The van der Waals surface area contributed by atoms with Crippen LogP contribution in [0.4, 0.5) is 0 Å². The summed E-state index contributed by atoms with van der Waals surface area (Å²) in [6.07, 6.45) is 1.95. The van der Waals surface area contributed by atoms with Crippen LogP contribution in [0.2, 0.25) is 10.0 Å². The van der Waals surface area contributed by atoms with Crippen LogP contribution in [-0.4, -0.2) is 19.7 Å². The van der Waals surface area contributed by atoms with Gasteiger partial charge in [0.15, 0.2) is 0 Å². The van der Waals surface area contributed by atoms with E-state index in [-0.39, 0.29) is 27.2 Å². The molecule has 0 saturated carbocycles. The van der Waals surface area contributed by atoms with E-state index in [0.29, 0.717) is 17.5 Å². The summed E-state index contributed by atoms with van der Waals surface area (Å²) in [7, 11) is 0.